The molecular weight excluding hydrogens is 295 g/mol. The van der Waals surface area contributed by atoms with Gasteiger partial charge in [0.25, 0.3) is 5.91 Å². The second-order valence-corrected chi connectivity index (χ2v) is 5.28. The molecule has 0 aliphatic rings. The Balaban J connectivity index is 2.05. The summed E-state index contributed by atoms with van der Waals surface area (Å²) >= 11 is 0. The fourth-order valence-corrected chi connectivity index (χ4v) is 2.10. The molecule has 0 radical (unpaired) electrons. The number of nitrogens with one attached hydrogen (secondary N) is 2. The summed E-state index contributed by atoms with van der Waals surface area (Å²) in [5.74, 6) is 0.481. The molecule has 0 aliphatic heterocycles. The van der Waals surface area contributed by atoms with Crippen LogP contribution in [0.5, 0.6) is 0 Å². The van der Waals surface area contributed by atoms with Crippen molar-refractivity contribution in [2.24, 2.45) is 0 Å². The summed E-state index contributed by atoms with van der Waals surface area (Å²) in [6, 6.07) is 7.52. The summed E-state index contributed by atoms with van der Waals surface area (Å²) in [6.07, 6.45) is 3.14. The Bertz CT molecular complexity index is 658. The summed E-state index contributed by atoms with van der Waals surface area (Å²) < 4.78 is 12.9. The number of carbonyl (C=O) groups is 1. The molecule has 2 rings (SSSR count). The van der Waals surface area contributed by atoms with Gasteiger partial charge in [-0.1, -0.05) is 19.8 Å². The standard InChI is InChI=1S/C17H21FN4O/c1-3-4-5-10-19-17(23)15-11-16(21-12(2)20-15)22-14-8-6-13(18)7-9-14/h6-9,11H,3-5,10H2,1-2H3,(H,19,23)(H,20,21,22). The zero-order chi connectivity index (χ0) is 16.7. The van der Waals surface area contributed by atoms with Crippen LogP contribution in [0.1, 0.15) is 42.5 Å². The number of benzene rings is 1. The lowest BCUT2D eigenvalue weighted by atomic mass is 10.2. The highest BCUT2D eigenvalue weighted by molar-refractivity contribution is 5.93. The highest BCUT2D eigenvalue weighted by atomic mass is 19.1. The summed E-state index contributed by atoms with van der Waals surface area (Å²) in [4.78, 5) is 20.5. The van der Waals surface area contributed by atoms with E-state index < -0.39 is 0 Å². The molecule has 0 fully saturated rings. The molecular formula is C17H21FN4O. The lowest BCUT2D eigenvalue weighted by Gasteiger charge is -2.09. The van der Waals surface area contributed by atoms with Crippen molar-refractivity contribution in [3.63, 3.8) is 0 Å². The normalized spacial score (nSPS) is 10.4. The van der Waals surface area contributed by atoms with Gasteiger partial charge in [0.05, 0.1) is 0 Å². The first-order valence-corrected chi connectivity index (χ1v) is 7.75. The van der Waals surface area contributed by atoms with E-state index in [2.05, 4.69) is 27.5 Å². The second-order valence-electron chi connectivity index (χ2n) is 5.28. The van der Waals surface area contributed by atoms with E-state index in [4.69, 9.17) is 0 Å². The van der Waals surface area contributed by atoms with E-state index in [1.807, 2.05) is 0 Å². The molecule has 122 valence electrons. The summed E-state index contributed by atoms with van der Waals surface area (Å²) in [6.45, 7) is 4.48. The molecule has 5 nitrogen and oxygen atoms in total. The number of rotatable bonds is 7. The Labute approximate surface area is 135 Å². The van der Waals surface area contributed by atoms with Crippen LogP contribution in [-0.4, -0.2) is 22.4 Å². The largest absolute Gasteiger partial charge is 0.351 e. The molecule has 1 aromatic heterocycles. The number of anilines is 2. The first-order valence-electron chi connectivity index (χ1n) is 7.75. The van der Waals surface area contributed by atoms with Gasteiger partial charge in [-0.3, -0.25) is 4.79 Å². The van der Waals surface area contributed by atoms with Gasteiger partial charge in [-0.2, -0.15) is 0 Å². The summed E-state index contributed by atoms with van der Waals surface area (Å²) in [7, 11) is 0. The molecule has 0 atom stereocenters. The summed E-state index contributed by atoms with van der Waals surface area (Å²) in [5.41, 5.74) is 1.01. The minimum Gasteiger partial charge on any atom is -0.351 e. The van der Waals surface area contributed by atoms with Gasteiger partial charge in [0, 0.05) is 18.3 Å². The number of halogens is 1. The van der Waals surface area contributed by atoms with E-state index in [0.717, 1.165) is 19.3 Å². The molecule has 2 N–H and O–H groups in total. The van der Waals surface area contributed by atoms with Crippen LogP contribution < -0.4 is 10.6 Å². The van der Waals surface area contributed by atoms with Crippen molar-refractivity contribution in [3.05, 3.63) is 47.7 Å². The van der Waals surface area contributed by atoms with Crippen LogP contribution in [0.2, 0.25) is 0 Å². The van der Waals surface area contributed by atoms with Crippen LogP contribution >= 0.6 is 0 Å². The van der Waals surface area contributed by atoms with Gasteiger partial charge in [-0.15, -0.1) is 0 Å². The van der Waals surface area contributed by atoms with Crippen molar-refractivity contribution in [1.82, 2.24) is 15.3 Å². The molecule has 0 saturated heterocycles. The maximum absolute atomic E-state index is 12.9. The van der Waals surface area contributed by atoms with Crippen molar-refractivity contribution in [2.45, 2.75) is 33.1 Å². The number of nitrogens with zero attached hydrogens (tertiary/aromatic N) is 2. The Hall–Kier alpha value is -2.50. The van der Waals surface area contributed by atoms with Crippen molar-refractivity contribution in [2.75, 3.05) is 11.9 Å². The van der Waals surface area contributed by atoms with Crippen molar-refractivity contribution in [3.8, 4) is 0 Å². The number of hydrogen-bond acceptors (Lipinski definition) is 4. The van der Waals surface area contributed by atoms with E-state index in [0.29, 0.717) is 29.6 Å². The van der Waals surface area contributed by atoms with Gasteiger partial charge in [0.2, 0.25) is 0 Å². The molecule has 0 aliphatic carbocycles. The molecule has 0 unspecified atom stereocenters. The fourth-order valence-electron chi connectivity index (χ4n) is 2.10. The number of carbonyl (C=O) groups excluding carboxylic acids is 1. The third-order valence-corrected chi connectivity index (χ3v) is 3.25. The molecule has 6 heteroatoms. The lowest BCUT2D eigenvalue weighted by Crippen LogP contribution is -2.25. The van der Waals surface area contributed by atoms with Crippen molar-refractivity contribution < 1.29 is 9.18 Å². The zero-order valence-corrected chi connectivity index (χ0v) is 13.4. The van der Waals surface area contributed by atoms with E-state index in [9.17, 15) is 9.18 Å². The first-order chi connectivity index (χ1) is 11.1. The highest BCUT2D eigenvalue weighted by Crippen LogP contribution is 2.16. The molecule has 23 heavy (non-hydrogen) atoms. The molecule has 1 heterocycles. The molecule has 1 amide bonds. The van der Waals surface area contributed by atoms with Gasteiger partial charge < -0.3 is 10.6 Å². The molecule has 1 aromatic carbocycles. The topological polar surface area (TPSA) is 66.9 Å². The average molecular weight is 316 g/mol. The number of hydrogen-bond donors (Lipinski definition) is 2. The van der Waals surface area contributed by atoms with Crippen LogP contribution in [0.25, 0.3) is 0 Å². The number of aromatic nitrogens is 2. The van der Waals surface area contributed by atoms with E-state index in [1.165, 1.54) is 12.1 Å². The maximum atomic E-state index is 12.9. The quantitative estimate of drug-likeness (QED) is 0.766. The zero-order valence-electron chi connectivity index (χ0n) is 13.4. The van der Waals surface area contributed by atoms with Crippen LogP contribution in [0.3, 0.4) is 0 Å². The highest BCUT2D eigenvalue weighted by Gasteiger charge is 2.10. The predicted molar refractivity (Wildman–Crippen MR) is 88.3 cm³/mol. The minimum atomic E-state index is -0.304. The summed E-state index contributed by atoms with van der Waals surface area (Å²) in [5, 5.41) is 5.90. The van der Waals surface area contributed by atoms with Gasteiger partial charge in [-0.25, -0.2) is 14.4 Å². The van der Waals surface area contributed by atoms with Gasteiger partial charge >= 0.3 is 0 Å². The van der Waals surface area contributed by atoms with Crippen LogP contribution in [0.15, 0.2) is 30.3 Å². The Morgan fingerprint density at radius 3 is 2.61 bits per heavy atom. The number of unbranched alkanes of at least 4 members (excludes halogenated alkanes) is 2. The van der Waals surface area contributed by atoms with Crippen LogP contribution in [0, 0.1) is 12.7 Å². The second kappa shape index (κ2) is 8.22. The third kappa shape index (κ3) is 5.32. The van der Waals surface area contributed by atoms with Crippen molar-refractivity contribution >= 4 is 17.4 Å². The van der Waals surface area contributed by atoms with Crippen molar-refractivity contribution in [1.29, 1.82) is 0 Å². The van der Waals surface area contributed by atoms with Crippen LogP contribution in [0.4, 0.5) is 15.9 Å². The van der Waals surface area contributed by atoms with Gasteiger partial charge in [0.15, 0.2) is 0 Å². The van der Waals surface area contributed by atoms with Crippen LogP contribution in [-0.2, 0) is 0 Å². The molecule has 0 bridgehead atoms. The van der Waals surface area contributed by atoms with E-state index in [1.54, 1.807) is 25.1 Å². The SMILES string of the molecule is CCCCCNC(=O)c1cc(Nc2ccc(F)cc2)nc(C)n1. The van der Waals surface area contributed by atoms with E-state index in [-0.39, 0.29) is 11.7 Å². The third-order valence-electron chi connectivity index (χ3n) is 3.25. The number of aryl methyl sites for hydroxylation is 1. The molecule has 0 saturated carbocycles. The predicted octanol–water partition coefficient (Wildman–Crippen LogP) is 3.59. The number of amides is 1. The minimum absolute atomic E-state index is 0.214. The molecule has 2 aromatic rings. The molecule has 0 spiro atoms. The fraction of sp³-hybridized carbons (Fsp3) is 0.353. The smallest absolute Gasteiger partial charge is 0.270 e. The Kier molecular flexibility index (Phi) is 6.02. The lowest BCUT2D eigenvalue weighted by molar-refractivity contribution is 0.0947. The first kappa shape index (κ1) is 16.9. The van der Waals surface area contributed by atoms with Gasteiger partial charge in [-0.05, 0) is 37.6 Å². The monoisotopic (exact) mass is 316 g/mol. The van der Waals surface area contributed by atoms with Gasteiger partial charge in [0.1, 0.15) is 23.2 Å². The maximum Gasteiger partial charge on any atom is 0.270 e. The Morgan fingerprint density at radius 2 is 1.91 bits per heavy atom. The van der Waals surface area contributed by atoms with E-state index >= 15 is 0 Å². The average Bonchev–Trinajstić information content (AvgIpc) is 2.53. The Morgan fingerprint density at radius 1 is 1.17 bits per heavy atom.